The first kappa shape index (κ1) is 23.4. The number of hydrogen-bond donors (Lipinski definition) is 3. The molecule has 0 atom stereocenters. The van der Waals surface area contributed by atoms with E-state index >= 15 is 0 Å². The number of fused-ring (bicyclic) bond motifs is 2. The number of hydrogen-bond acceptors (Lipinski definition) is 8. The highest BCUT2D eigenvalue weighted by atomic mass is 19.1. The largest absolute Gasteiger partial charge is 0.504 e. The molecule has 5 rings (SSSR count). The second-order valence-electron chi connectivity index (χ2n) is 8.32. The standard InChI is InChI=1S/C26H24FN3O6/c1-2-35-23-6-3-15(7-22(23)31)11-28-19-4-5-21-20(10-19)24(29-33)26(32)30(21)12-16-8-18(27)9-17-13-34-14-36-25(16)17/h3-10,28,31,33H,2,11-14H2,1H3/b29-24-. The normalized spacial score (nSPS) is 15.4. The van der Waals surface area contributed by atoms with Crippen molar-refractivity contribution < 1.29 is 33.7 Å². The SMILES string of the molecule is CCOc1ccc(CNc2ccc3c(c2)/C(=N/O)C(=O)N3Cc2cc(F)cc3c2OCOC3)cc1O. The highest BCUT2D eigenvalue weighted by molar-refractivity contribution is 6.54. The van der Waals surface area contributed by atoms with Crippen molar-refractivity contribution in [3.05, 3.63) is 76.6 Å². The lowest BCUT2D eigenvalue weighted by molar-refractivity contribution is -0.112. The topological polar surface area (TPSA) is 113 Å². The molecule has 0 unspecified atom stereocenters. The molecular formula is C26H24FN3O6. The van der Waals surface area contributed by atoms with Crippen molar-refractivity contribution in [1.82, 2.24) is 0 Å². The molecular weight excluding hydrogens is 469 g/mol. The van der Waals surface area contributed by atoms with E-state index in [-0.39, 0.29) is 31.4 Å². The smallest absolute Gasteiger partial charge is 0.281 e. The van der Waals surface area contributed by atoms with Crippen LogP contribution in [0.15, 0.2) is 53.7 Å². The fourth-order valence-corrected chi connectivity index (χ4v) is 4.38. The number of nitrogens with zero attached hydrogens (tertiary/aromatic N) is 2. The van der Waals surface area contributed by atoms with Crippen LogP contribution in [-0.2, 0) is 29.2 Å². The van der Waals surface area contributed by atoms with Crippen LogP contribution in [0.5, 0.6) is 17.2 Å². The van der Waals surface area contributed by atoms with E-state index in [9.17, 15) is 19.5 Å². The van der Waals surface area contributed by atoms with E-state index in [1.807, 2.05) is 13.0 Å². The van der Waals surface area contributed by atoms with Gasteiger partial charge >= 0.3 is 0 Å². The Morgan fingerprint density at radius 1 is 1.19 bits per heavy atom. The maximum atomic E-state index is 14.2. The van der Waals surface area contributed by atoms with Gasteiger partial charge in [0, 0.05) is 28.9 Å². The minimum absolute atomic E-state index is 0.0309. The number of nitrogens with one attached hydrogen (secondary N) is 1. The second-order valence-corrected chi connectivity index (χ2v) is 8.32. The quantitative estimate of drug-likeness (QED) is 0.335. The van der Waals surface area contributed by atoms with Crippen LogP contribution in [0.1, 0.15) is 29.2 Å². The Kier molecular flexibility index (Phi) is 6.34. The third kappa shape index (κ3) is 4.38. The zero-order chi connectivity index (χ0) is 25.2. The lowest BCUT2D eigenvalue weighted by Crippen LogP contribution is -2.30. The van der Waals surface area contributed by atoms with Gasteiger partial charge in [0.05, 0.1) is 25.4 Å². The summed E-state index contributed by atoms with van der Waals surface area (Å²) in [6.45, 7) is 2.98. The van der Waals surface area contributed by atoms with Crippen LogP contribution in [0, 0.1) is 5.82 Å². The summed E-state index contributed by atoms with van der Waals surface area (Å²) < 4.78 is 30.4. The van der Waals surface area contributed by atoms with Gasteiger partial charge in [-0.2, -0.15) is 0 Å². The molecule has 3 aromatic rings. The molecule has 0 aromatic heterocycles. The van der Waals surface area contributed by atoms with Crippen molar-refractivity contribution in [3.63, 3.8) is 0 Å². The number of rotatable bonds is 7. The summed E-state index contributed by atoms with van der Waals surface area (Å²) in [7, 11) is 0. The lowest BCUT2D eigenvalue weighted by Gasteiger charge is -2.24. The number of phenols is 1. The summed E-state index contributed by atoms with van der Waals surface area (Å²) in [6.07, 6.45) is 0. The molecule has 3 aromatic carbocycles. The average molecular weight is 493 g/mol. The second kappa shape index (κ2) is 9.74. The molecule has 186 valence electrons. The van der Waals surface area contributed by atoms with Gasteiger partial charge < -0.3 is 34.7 Å². The molecule has 0 bridgehead atoms. The van der Waals surface area contributed by atoms with E-state index in [0.29, 0.717) is 52.7 Å². The molecule has 0 radical (unpaired) electrons. The van der Waals surface area contributed by atoms with Gasteiger partial charge in [-0.1, -0.05) is 11.2 Å². The van der Waals surface area contributed by atoms with Crippen molar-refractivity contribution in [1.29, 1.82) is 0 Å². The van der Waals surface area contributed by atoms with Gasteiger partial charge in [-0.05, 0) is 55.0 Å². The molecule has 1 amide bonds. The summed E-state index contributed by atoms with van der Waals surface area (Å²) in [5.74, 6) is -0.00938. The maximum absolute atomic E-state index is 14.2. The average Bonchev–Trinajstić information content (AvgIpc) is 3.14. The van der Waals surface area contributed by atoms with Gasteiger partial charge in [0.25, 0.3) is 5.91 Å². The lowest BCUT2D eigenvalue weighted by atomic mass is 10.1. The van der Waals surface area contributed by atoms with E-state index in [4.69, 9.17) is 14.2 Å². The van der Waals surface area contributed by atoms with Crippen LogP contribution in [0.2, 0.25) is 0 Å². The number of halogens is 1. The fourth-order valence-electron chi connectivity index (χ4n) is 4.38. The van der Waals surface area contributed by atoms with Crippen LogP contribution in [0.4, 0.5) is 15.8 Å². The molecule has 2 aliphatic heterocycles. The van der Waals surface area contributed by atoms with Crippen LogP contribution < -0.4 is 19.7 Å². The molecule has 36 heavy (non-hydrogen) atoms. The maximum Gasteiger partial charge on any atom is 0.281 e. The third-order valence-corrected chi connectivity index (χ3v) is 5.99. The van der Waals surface area contributed by atoms with Gasteiger partial charge in [-0.25, -0.2) is 4.39 Å². The number of phenolic OH excluding ortho intramolecular Hbond substituents is 1. The van der Waals surface area contributed by atoms with Gasteiger partial charge in [0.15, 0.2) is 24.0 Å². The van der Waals surface area contributed by atoms with Crippen LogP contribution in [-0.4, -0.2) is 35.3 Å². The van der Waals surface area contributed by atoms with E-state index < -0.39 is 11.7 Å². The van der Waals surface area contributed by atoms with Gasteiger partial charge in [0.1, 0.15) is 11.6 Å². The Hall–Kier alpha value is -4.31. The third-order valence-electron chi connectivity index (χ3n) is 5.99. The minimum Gasteiger partial charge on any atom is -0.504 e. The number of oxime groups is 1. The number of amides is 1. The van der Waals surface area contributed by atoms with Gasteiger partial charge in [0.2, 0.25) is 0 Å². The number of benzene rings is 3. The molecule has 0 saturated heterocycles. The summed E-state index contributed by atoms with van der Waals surface area (Å²) >= 11 is 0. The number of aromatic hydroxyl groups is 1. The Balaban J connectivity index is 1.38. The Morgan fingerprint density at radius 2 is 2.06 bits per heavy atom. The number of carbonyl (C=O) groups is 1. The highest BCUT2D eigenvalue weighted by Crippen LogP contribution is 2.36. The van der Waals surface area contributed by atoms with Crippen LogP contribution >= 0.6 is 0 Å². The molecule has 10 heteroatoms. The predicted octanol–water partition coefficient (Wildman–Crippen LogP) is 4.13. The van der Waals surface area contributed by atoms with Crippen molar-refractivity contribution in [3.8, 4) is 17.2 Å². The van der Waals surface area contributed by atoms with E-state index in [1.54, 1.807) is 30.3 Å². The summed E-state index contributed by atoms with van der Waals surface area (Å²) in [6, 6.07) is 13.1. The molecule has 2 aliphatic rings. The summed E-state index contributed by atoms with van der Waals surface area (Å²) in [4.78, 5) is 14.5. The van der Waals surface area contributed by atoms with Crippen molar-refractivity contribution in [2.24, 2.45) is 5.16 Å². The molecule has 0 spiro atoms. The molecule has 0 saturated carbocycles. The first-order valence-electron chi connectivity index (χ1n) is 11.4. The fraction of sp³-hybridized carbons (Fsp3) is 0.231. The molecule has 3 N–H and O–H groups in total. The molecule has 9 nitrogen and oxygen atoms in total. The zero-order valence-electron chi connectivity index (χ0n) is 19.5. The van der Waals surface area contributed by atoms with E-state index in [1.165, 1.54) is 17.0 Å². The van der Waals surface area contributed by atoms with Crippen molar-refractivity contribution in [2.45, 2.75) is 26.6 Å². The predicted molar refractivity (Wildman–Crippen MR) is 129 cm³/mol. The van der Waals surface area contributed by atoms with E-state index in [2.05, 4.69) is 10.5 Å². The van der Waals surface area contributed by atoms with Crippen LogP contribution in [0.3, 0.4) is 0 Å². The van der Waals surface area contributed by atoms with Gasteiger partial charge in [-0.3, -0.25) is 4.79 Å². The van der Waals surface area contributed by atoms with E-state index in [0.717, 1.165) is 5.56 Å². The Labute approximate surface area is 206 Å². The first-order chi connectivity index (χ1) is 17.5. The molecule has 0 aliphatic carbocycles. The summed E-state index contributed by atoms with van der Waals surface area (Å²) in [5.41, 5.74) is 3.43. The monoisotopic (exact) mass is 493 g/mol. The number of anilines is 2. The molecule has 0 fully saturated rings. The minimum atomic E-state index is -0.508. The van der Waals surface area contributed by atoms with Crippen molar-refractivity contribution in [2.75, 3.05) is 23.6 Å². The molecule has 2 heterocycles. The number of ether oxygens (including phenoxy) is 3. The summed E-state index contributed by atoms with van der Waals surface area (Å²) in [5, 5.41) is 26.2. The number of carbonyl (C=O) groups excluding carboxylic acids is 1. The van der Waals surface area contributed by atoms with Crippen molar-refractivity contribution >= 4 is 23.0 Å². The highest BCUT2D eigenvalue weighted by Gasteiger charge is 2.36. The first-order valence-corrected chi connectivity index (χ1v) is 11.4. The van der Waals surface area contributed by atoms with Crippen LogP contribution in [0.25, 0.3) is 0 Å². The zero-order valence-corrected chi connectivity index (χ0v) is 19.5. The Morgan fingerprint density at radius 3 is 2.83 bits per heavy atom. The van der Waals surface area contributed by atoms with Gasteiger partial charge in [-0.15, -0.1) is 0 Å². The Bertz CT molecular complexity index is 1360.